The number of morpholine rings is 1. The zero-order valence-corrected chi connectivity index (χ0v) is 15.2. The van der Waals surface area contributed by atoms with Crippen LogP contribution in [0.25, 0.3) is 0 Å². The molecule has 3 aliphatic heterocycles. The third kappa shape index (κ3) is 3.58. The fourth-order valence-electron chi connectivity index (χ4n) is 4.31. The van der Waals surface area contributed by atoms with Crippen molar-refractivity contribution in [3.05, 3.63) is 11.6 Å². The Morgan fingerprint density at radius 1 is 1.20 bits per heavy atom. The van der Waals surface area contributed by atoms with E-state index in [1.54, 1.807) is 0 Å². The summed E-state index contributed by atoms with van der Waals surface area (Å²) in [5, 5.41) is 8.79. The normalized spacial score (nSPS) is 25.3. The Bertz CT molecular complexity index is 609. The van der Waals surface area contributed by atoms with Crippen molar-refractivity contribution in [3.63, 3.8) is 0 Å². The number of fused-ring (bicyclic) bond motifs is 1. The van der Waals surface area contributed by atoms with Gasteiger partial charge in [-0.2, -0.15) is 0 Å². The van der Waals surface area contributed by atoms with Crippen molar-refractivity contribution in [3.8, 4) is 0 Å². The number of aromatic nitrogens is 3. The van der Waals surface area contributed by atoms with Crippen molar-refractivity contribution in [1.82, 2.24) is 24.6 Å². The first-order valence-corrected chi connectivity index (χ1v) is 9.78. The van der Waals surface area contributed by atoms with Crippen molar-refractivity contribution in [2.24, 2.45) is 0 Å². The molecule has 7 nitrogen and oxygen atoms in total. The molecule has 1 aromatic rings. The van der Waals surface area contributed by atoms with E-state index in [-0.39, 0.29) is 12.0 Å². The first kappa shape index (κ1) is 17.0. The van der Waals surface area contributed by atoms with Gasteiger partial charge in [-0.25, -0.2) is 0 Å². The number of likely N-dealkylation sites (tertiary alicyclic amines) is 1. The minimum atomic E-state index is 0.207. The fourth-order valence-corrected chi connectivity index (χ4v) is 4.31. The van der Waals surface area contributed by atoms with Gasteiger partial charge in [0.25, 0.3) is 0 Å². The summed E-state index contributed by atoms with van der Waals surface area (Å²) in [4.78, 5) is 16.9. The fraction of sp³-hybridized carbons (Fsp3) is 0.833. The van der Waals surface area contributed by atoms with Gasteiger partial charge in [0.15, 0.2) is 0 Å². The molecule has 0 aliphatic carbocycles. The Labute approximate surface area is 149 Å². The summed E-state index contributed by atoms with van der Waals surface area (Å²) in [5.41, 5.74) is 0. The molecule has 138 valence electrons. The van der Waals surface area contributed by atoms with E-state index in [9.17, 15) is 4.79 Å². The first-order chi connectivity index (χ1) is 12.2. The van der Waals surface area contributed by atoms with Crippen molar-refractivity contribution in [1.29, 1.82) is 0 Å². The largest absolute Gasteiger partial charge is 0.375 e. The molecular weight excluding hydrogens is 318 g/mol. The Kier molecular flexibility index (Phi) is 5.03. The zero-order chi connectivity index (χ0) is 17.2. The Balaban J connectivity index is 1.28. The second-order valence-electron chi connectivity index (χ2n) is 7.52. The van der Waals surface area contributed by atoms with E-state index in [1.165, 1.54) is 12.2 Å². The number of rotatable bonds is 4. The first-order valence-electron chi connectivity index (χ1n) is 9.78. The van der Waals surface area contributed by atoms with Crippen LogP contribution in [-0.4, -0.2) is 75.9 Å². The van der Waals surface area contributed by atoms with Crippen LogP contribution >= 0.6 is 0 Å². The molecule has 25 heavy (non-hydrogen) atoms. The number of nitrogens with zero attached hydrogens (tertiary/aromatic N) is 5. The lowest BCUT2D eigenvalue weighted by molar-refractivity contribution is -0.140. The highest BCUT2D eigenvalue weighted by Gasteiger charge is 2.30. The highest BCUT2D eigenvalue weighted by molar-refractivity contribution is 5.78. The number of hydrogen-bond acceptors (Lipinski definition) is 5. The second kappa shape index (κ2) is 7.41. The van der Waals surface area contributed by atoms with E-state index in [1.807, 2.05) is 4.90 Å². The van der Waals surface area contributed by atoms with Gasteiger partial charge in [0, 0.05) is 32.0 Å². The molecule has 3 aliphatic rings. The van der Waals surface area contributed by atoms with Crippen molar-refractivity contribution in [2.45, 2.75) is 57.6 Å². The maximum Gasteiger partial charge on any atom is 0.236 e. The van der Waals surface area contributed by atoms with Gasteiger partial charge in [-0.05, 0) is 38.8 Å². The lowest BCUT2D eigenvalue weighted by Gasteiger charge is -2.36. The SMILES string of the molecule is CC[C@@H]1CN(C(=O)CN2CCC(c3nnc4n3CCC4)CC2)CCO1. The summed E-state index contributed by atoms with van der Waals surface area (Å²) >= 11 is 0. The summed E-state index contributed by atoms with van der Waals surface area (Å²) in [6, 6.07) is 0. The molecule has 4 heterocycles. The molecule has 0 spiro atoms. The van der Waals surface area contributed by atoms with Crippen LogP contribution in [0.2, 0.25) is 0 Å². The minimum Gasteiger partial charge on any atom is -0.375 e. The van der Waals surface area contributed by atoms with Crippen LogP contribution in [0.5, 0.6) is 0 Å². The Morgan fingerprint density at radius 3 is 2.84 bits per heavy atom. The molecular formula is C18H29N5O2. The minimum absolute atomic E-state index is 0.207. The van der Waals surface area contributed by atoms with E-state index < -0.39 is 0 Å². The summed E-state index contributed by atoms with van der Waals surface area (Å²) < 4.78 is 7.99. The average Bonchev–Trinajstić information content (AvgIpc) is 3.26. The third-order valence-electron chi connectivity index (χ3n) is 5.90. The molecule has 1 aromatic heterocycles. The van der Waals surface area contributed by atoms with Crippen molar-refractivity contribution < 1.29 is 9.53 Å². The van der Waals surface area contributed by atoms with Crippen LogP contribution in [-0.2, 0) is 22.5 Å². The smallest absolute Gasteiger partial charge is 0.236 e. The number of amides is 1. The van der Waals surface area contributed by atoms with E-state index in [2.05, 4.69) is 26.6 Å². The zero-order valence-electron chi connectivity index (χ0n) is 15.2. The highest BCUT2D eigenvalue weighted by Crippen LogP contribution is 2.29. The molecule has 0 unspecified atom stereocenters. The van der Waals surface area contributed by atoms with Crippen LogP contribution in [0.1, 0.15) is 50.2 Å². The molecule has 1 amide bonds. The van der Waals surface area contributed by atoms with Gasteiger partial charge in [0.2, 0.25) is 5.91 Å². The molecule has 1 atom stereocenters. The summed E-state index contributed by atoms with van der Waals surface area (Å²) in [5.74, 6) is 3.09. The topological polar surface area (TPSA) is 63.5 Å². The summed E-state index contributed by atoms with van der Waals surface area (Å²) in [7, 11) is 0. The van der Waals surface area contributed by atoms with Crippen molar-refractivity contribution >= 4 is 5.91 Å². The van der Waals surface area contributed by atoms with Gasteiger partial charge >= 0.3 is 0 Å². The molecule has 0 saturated carbocycles. The lowest BCUT2D eigenvalue weighted by atomic mass is 9.96. The third-order valence-corrected chi connectivity index (χ3v) is 5.90. The van der Waals surface area contributed by atoms with Gasteiger partial charge in [-0.3, -0.25) is 9.69 Å². The molecule has 2 fully saturated rings. The molecule has 7 heteroatoms. The summed E-state index contributed by atoms with van der Waals surface area (Å²) in [6.45, 7) is 7.83. The summed E-state index contributed by atoms with van der Waals surface area (Å²) in [6.07, 6.45) is 5.59. The van der Waals surface area contributed by atoms with Crippen LogP contribution in [0.4, 0.5) is 0 Å². The lowest BCUT2D eigenvalue weighted by Crippen LogP contribution is -2.49. The molecule has 4 rings (SSSR count). The van der Waals surface area contributed by atoms with Crippen LogP contribution in [0.15, 0.2) is 0 Å². The van der Waals surface area contributed by atoms with Gasteiger partial charge in [0.05, 0.1) is 19.3 Å². The standard InChI is InChI=1S/C18H29N5O2/c1-2-15-12-22(10-11-25-15)17(24)13-21-8-5-14(6-9-21)18-20-19-16-4-3-7-23(16)18/h14-15H,2-13H2,1H3/t15-/m1/s1. The Morgan fingerprint density at radius 2 is 2.04 bits per heavy atom. The number of aryl methyl sites for hydroxylation is 1. The molecule has 0 aromatic carbocycles. The van der Waals surface area contributed by atoms with E-state index >= 15 is 0 Å². The van der Waals surface area contributed by atoms with Gasteiger partial charge in [-0.1, -0.05) is 6.92 Å². The predicted octanol–water partition coefficient (Wildman–Crippen LogP) is 1.04. The number of carbonyl (C=O) groups excluding carboxylic acids is 1. The maximum absolute atomic E-state index is 12.6. The van der Waals surface area contributed by atoms with Gasteiger partial charge in [0.1, 0.15) is 11.6 Å². The average molecular weight is 347 g/mol. The van der Waals surface area contributed by atoms with E-state index in [0.29, 0.717) is 19.1 Å². The van der Waals surface area contributed by atoms with E-state index in [0.717, 1.165) is 64.2 Å². The molecule has 0 N–H and O–H groups in total. The van der Waals surface area contributed by atoms with Gasteiger partial charge in [-0.15, -0.1) is 10.2 Å². The maximum atomic E-state index is 12.6. The van der Waals surface area contributed by atoms with Crippen LogP contribution in [0.3, 0.4) is 0 Å². The Hall–Kier alpha value is -1.47. The number of ether oxygens (including phenoxy) is 1. The number of piperidine rings is 1. The molecule has 2 saturated heterocycles. The van der Waals surface area contributed by atoms with Gasteiger partial charge < -0.3 is 14.2 Å². The second-order valence-corrected chi connectivity index (χ2v) is 7.52. The number of carbonyl (C=O) groups is 1. The molecule has 0 bridgehead atoms. The van der Waals surface area contributed by atoms with Crippen LogP contribution < -0.4 is 0 Å². The van der Waals surface area contributed by atoms with Crippen molar-refractivity contribution in [2.75, 3.05) is 39.3 Å². The van der Waals surface area contributed by atoms with E-state index in [4.69, 9.17) is 4.74 Å². The quantitative estimate of drug-likeness (QED) is 0.814. The predicted molar refractivity (Wildman–Crippen MR) is 93.4 cm³/mol. The molecule has 0 radical (unpaired) electrons. The highest BCUT2D eigenvalue weighted by atomic mass is 16.5. The number of hydrogen-bond donors (Lipinski definition) is 0. The monoisotopic (exact) mass is 347 g/mol. The van der Waals surface area contributed by atoms with Crippen LogP contribution in [0, 0.1) is 0 Å².